The van der Waals surface area contributed by atoms with E-state index >= 15 is 0 Å². The van der Waals surface area contributed by atoms with Gasteiger partial charge in [0.05, 0.1) is 19.9 Å². The Hall–Kier alpha value is -1.79. The topological polar surface area (TPSA) is 71.0 Å². The molecule has 1 aromatic carbocycles. The Labute approximate surface area is 117 Å². The van der Waals surface area contributed by atoms with Gasteiger partial charge in [-0.2, -0.15) is 0 Å². The van der Waals surface area contributed by atoms with Crippen molar-refractivity contribution in [3.05, 3.63) is 23.8 Å². The molecular weight excluding hydrogens is 260 g/mol. The highest BCUT2D eigenvalue weighted by molar-refractivity contribution is 5.94. The molecule has 20 heavy (non-hydrogen) atoms. The number of rotatable bonds is 1. The van der Waals surface area contributed by atoms with Gasteiger partial charge in [-0.25, -0.2) is 4.79 Å². The molecule has 0 unspecified atom stereocenters. The number of anilines is 1. The van der Waals surface area contributed by atoms with E-state index in [4.69, 9.17) is 9.47 Å². The fourth-order valence-corrected chi connectivity index (χ4v) is 3.32. The van der Waals surface area contributed by atoms with Gasteiger partial charge in [0.1, 0.15) is 17.0 Å². The van der Waals surface area contributed by atoms with E-state index in [2.05, 4.69) is 5.32 Å². The standard InChI is InChI=1S/C14H18N2O4/c1-13-14(18,6-7-15-13)10-5-4-9(19-2)8-11(10)16(13)12(17)20-3/h4-5,8,15,18H,6-7H2,1-3H3/t13-,14-/m0/s1. The molecule has 0 aromatic heterocycles. The fraction of sp³-hybridized carbons (Fsp3) is 0.500. The molecule has 2 aliphatic heterocycles. The van der Waals surface area contributed by atoms with Crippen LogP contribution in [0.15, 0.2) is 18.2 Å². The van der Waals surface area contributed by atoms with Gasteiger partial charge >= 0.3 is 6.09 Å². The first kappa shape index (κ1) is 13.2. The van der Waals surface area contributed by atoms with Crippen molar-refractivity contribution in [2.45, 2.75) is 24.6 Å². The van der Waals surface area contributed by atoms with Crippen LogP contribution in [0.1, 0.15) is 18.9 Å². The third kappa shape index (κ3) is 1.38. The van der Waals surface area contributed by atoms with Crippen LogP contribution in [0.2, 0.25) is 0 Å². The molecule has 0 bridgehead atoms. The molecule has 1 fully saturated rings. The summed E-state index contributed by atoms with van der Waals surface area (Å²) in [7, 11) is 2.90. The van der Waals surface area contributed by atoms with Crippen molar-refractivity contribution in [3.63, 3.8) is 0 Å². The van der Waals surface area contributed by atoms with E-state index in [-0.39, 0.29) is 0 Å². The largest absolute Gasteiger partial charge is 0.497 e. The Morgan fingerprint density at radius 2 is 2.20 bits per heavy atom. The lowest BCUT2D eigenvalue weighted by atomic mass is 9.86. The third-order valence-corrected chi connectivity index (χ3v) is 4.46. The zero-order chi connectivity index (χ0) is 14.5. The first-order valence-electron chi connectivity index (χ1n) is 6.52. The van der Waals surface area contributed by atoms with Crippen LogP contribution in [0.5, 0.6) is 5.75 Å². The zero-order valence-electron chi connectivity index (χ0n) is 11.8. The first-order valence-corrected chi connectivity index (χ1v) is 6.52. The normalized spacial score (nSPS) is 30.9. The number of methoxy groups -OCH3 is 2. The summed E-state index contributed by atoms with van der Waals surface area (Å²) in [5.74, 6) is 0.629. The molecule has 0 saturated carbocycles. The molecule has 0 radical (unpaired) electrons. The van der Waals surface area contributed by atoms with Gasteiger partial charge < -0.3 is 14.6 Å². The van der Waals surface area contributed by atoms with Crippen molar-refractivity contribution < 1.29 is 19.4 Å². The number of hydrogen-bond donors (Lipinski definition) is 2. The second kappa shape index (κ2) is 4.10. The lowest BCUT2D eigenvalue weighted by Crippen LogP contribution is -2.61. The molecule has 3 rings (SSSR count). The molecule has 1 aromatic rings. The van der Waals surface area contributed by atoms with E-state index < -0.39 is 17.4 Å². The highest BCUT2D eigenvalue weighted by Crippen LogP contribution is 2.54. The zero-order valence-corrected chi connectivity index (χ0v) is 11.8. The van der Waals surface area contributed by atoms with Crippen LogP contribution in [-0.4, -0.2) is 37.6 Å². The van der Waals surface area contributed by atoms with E-state index in [0.29, 0.717) is 24.4 Å². The molecule has 1 amide bonds. The molecular formula is C14H18N2O4. The highest BCUT2D eigenvalue weighted by Gasteiger charge is 2.63. The van der Waals surface area contributed by atoms with E-state index in [0.717, 1.165) is 5.56 Å². The number of fused-ring (bicyclic) bond motifs is 3. The SMILES string of the molecule is COC(=O)N1c2cc(OC)ccc2[C@@]2(O)CCN[C@@]12C. The number of nitrogens with one attached hydrogen (secondary N) is 1. The summed E-state index contributed by atoms with van der Waals surface area (Å²) in [6.07, 6.45) is 0.0309. The Bertz CT molecular complexity index is 576. The Balaban J connectivity index is 2.23. The molecule has 0 spiro atoms. The number of carbonyl (C=O) groups is 1. The summed E-state index contributed by atoms with van der Waals surface area (Å²) < 4.78 is 10.1. The first-order chi connectivity index (χ1) is 9.48. The van der Waals surface area contributed by atoms with E-state index in [1.807, 2.05) is 13.0 Å². The summed E-state index contributed by atoms with van der Waals surface area (Å²) >= 11 is 0. The molecule has 6 nitrogen and oxygen atoms in total. The van der Waals surface area contributed by atoms with Crippen LogP contribution < -0.4 is 15.0 Å². The average Bonchev–Trinajstić information content (AvgIpc) is 2.84. The monoisotopic (exact) mass is 278 g/mol. The quantitative estimate of drug-likeness (QED) is 0.807. The molecule has 2 heterocycles. The predicted molar refractivity (Wildman–Crippen MR) is 72.8 cm³/mol. The van der Waals surface area contributed by atoms with Gasteiger partial charge in [-0.3, -0.25) is 10.2 Å². The molecule has 2 N–H and O–H groups in total. The lowest BCUT2D eigenvalue weighted by molar-refractivity contribution is -0.00854. The average molecular weight is 278 g/mol. The van der Waals surface area contributed by atoms with Crippen molar-refractivity contribution in [1.82, 2.24) is 5.32 Å². The van der Waals surface area contributed by atoms with Crippen LogP contribution in [0.25, 0.3) is 0 Å². The smallest absolute Gasteiger partial charge is 0.415 e. The Kier molecular flexibility index (Phi) is 2.71. The maximum Gasteiger partial charge on any atom is 0.415 e. The molecule has 0 aliphatic carbocycles. The maximum atomic E-state index is 12.2. The van der Waals surface area contributed by atoms with Crippen molar-refractivity contribution in [1.29, 1.82) is 0 Å². The molecule has 1 saturated heterocycles. The number of nitrogens with zero attached hydrogens (tertiary/aromatic N) is 1. The summed E-state index contributed by atoms with van der Waals surface area (Å²) in [4.78, 5) is 13.6. The summed E-state index contributed by atoms with van der Waals surface area (Å²) in [6, 6.07) is 5.34. The van der Waals surface area contributed by atoms with E-state index in [9.17, 15) is 9.90 Å². The van der Waals surface area contributed by atoms with Crippen molar-refractivity contribution >= 4 is 11.8 Å². The maximum absolute atomic E-state index is 12.2. The molecule has 108 valence electrons. The van der Waals surface area contributed by atoms with Crippen LogP contribution in [0, 0.1) is 0 Å². The minimum absolute atomic E-state index is 0.507. The number of carbonyl (C=O) groups excluding carboxylic acids is 1. The van der Waals surface area contributed by atoms with Crippen molar-refractivity contribution in [2.75, 3.05) is 25.7 Å². The highest BCUT2D eigenvalue weighted by atomic mass is 16.5. The van der Waals surface area contributed by atoms with Gasteiger partial charge in [0.15, 0.2) is 0 Å². The second-order valence-corrected chi connectivity index (χ2v) is 5.30. The van der Waals surface area contributed by atoms with Crippen LogP contribution >= 0.6 is 0 Å². The number of hydrogen-bond acceptors (Lipinski definition) is 5. The van der Waals surface area contributed by atoms with Gasteiger partial charge in [-0.15, -0.1) is 0 Å². The molecule has 2 aliphatic rings. The van der Waals surface area contributed by atoms with Gasteiger partial charge in [0.2, 0.25) is 0 Å². The lowest BCUT2D eigenvalue weighted by Gasteiger charge is -2.38. The van der Waals surface area contributed by atoms with Gasteiger partial charge in [-0.05, 0) is 19.4 Å². The predicted octanol–water partition coefficient (Wildman–Crippen LogP) is 1.18. The summed E-state index contributed by atoms with van der Waals surface area (Å²) in [6.45, 7) is 2.44. The minimum Gasteiger partial charge on any atom is -0.497 e. The van der Waals surface area contributed by atoms with Gasteiger partial charge in [0, 0.05) is 18.2 Å². The number of ether oxygens (including phenoxy) is 2. The van der Waals surface area contributed by atoms with Gasteiger partial charge in [-0.1, -0.05) is 6.07 Å². The third-order valence-electron chi connectivity index (χ3n) is 4.46. The van der Waals surface area contributed by atoms with Crippen molar-refractivity contribution in [2.24, 2.45) is 0 Å². The van der Waals surface area contributed by atoms with Gasteiger partial charge in [0.25, 0.3) is 0 Å². The number of aliphatic hydroxyl groups is 1. The summed E-state index contributed by atoms with van der Waals surface area (Å²) in [5, 5.41) is 14.3. The van der Waals surface area contributed by atoms with Crippen LogP contribution in [0.4, 0.5) is 10.5 Å². The Morgan fingerprint density at radius 3 is 2.85 bits per heavy atom. The van der Waals surface area contributed by atoms with Crippen LogP contribution in [0.3, 0.4) is 0 Å². The number of amides is 1. The summed E-state index contributed by atoms with van der Waals surface area (Å²) in [5.41, 5.74) is -0.693. The molecule has 2 atom stereocenters. The van der Waals surface area contributed by atoms with Crippen LogP contribution in [-0.2, 0) is 10.3 Å². The fourth-order valence-electron chi connectivity index (χ4n) is 3.32. The van der Waals surface area contributed by atoms with E-state index in [1.165, 1.54) is 12.0 Å². The second-order valence-electron chi connectivity index (χ2n) is 5.30. The molecule has 6 heteroatoms. The van der Waals surface area contributed by atoms with Crippen molar-refractivity contribution in [3.8, 4) is 5.75 Å². The number of benzene rings is 1. The Morgan fingerprint density at radius 1 is 1.45 bits per heavy atom. The van der Waals surface area contributed by atoms with E-state index in [1.54, 1.807) is 19.2 Å². The minimum atomic E-state index is -1.12.